The Bertz CT molecular complexity index is 642. The standard InChI is InChI=1S/C18H22N4O/c19-17-10-9-15(12-20-17)21-18(23)16-8-4-5-11-22(16)13-14-6-2-1-3-7-14/h1-3,6-7,9-10,12,16H,4-5,8,11,13H2,(H2,19,20)(H,21,23). The molecular formula is C18H22N4O. The molecule has 2 aromatic rings. The van der Waals surface area contributed by atoms with Gasteiger partial charge < -0.3 is 11.1 Å². The number of nitrogen functional groups attached to an aromatic ring is 1. The number of anilines is 2. The summed E-state index contributed by atoms with van der Waals surface area (Å²) in [6.45, 7) is 1.76. The molecule has 1 aromatic heterocycles. The van der Waals surface area contributed by atoms with Crippen LogP contribution in [0.5, 0.6) is 0 Å². The second-order valence-electron chi connectivity index (χ2n) is 5.93. The zero-order chi connectivity index (χ0) is 16.1. The van der Waals surface area contributed by atoms with Crippen LogP contribution in [-0.4, -0.2) is 28.4 Å². The predicted octanol–water partition coefficient (Wildman–Crippen LogP) is 2.66. The molecule has 1 saturated heterocycles. The molecule has 1 unspecified atom stereocenters. The number of pyridine rings is 1. The van der Waals surface area contributed by atoms with E-state index in [1.165, 1.54) is 5.56 Å². The molecule has 120 valence electrons. The van der Waals surface area contributed by atoms with Crippen molar-refractivity contribution in [1.82, 2.24) is 9.88 Å². The van der Waals surface area contributed by atoms with Crippen molar-refractivity contribution in [3.05, 3.63) is 54.2 Å². The van der Waals surface area contributed by atoms with E-state index in [0.29, 0.717) is 11.5 Å². The van der Waals surface area contributed by atoms with Gasteiger partial charge in [-0.3, -0.25) is 9.69 Å². The second-order valence-corrected chi connectivity index (χ2v) is 5.93. The molecule has 1 amide bonds. The highest BCUT2D eigenvalue weighted by Crippen LogP contribution is 2.21. The largest absolute Gasteiger partial charge is 0.384 e. The van der Waals surface area contributed by atoms with Gasteiger partial charge >= 0.3 is 0 Å². The van der Waals surface area contributed by atoms with Crippen LogP contribution in [0, 0.1) is 0 Å². The van der Waals surface area contributed by atoms with E-state index < -0.39 is 0 Å². The minimum absolute atomic E-state index is 0.0344. The van der Waals surface area contributed by atoms with E-state index in [4.69, 9.17) is 5.73 Å². The van der Waals surface area contributed by atoms with Gasteiger partial charge in [0.1, 0.15) is 5.82 Å². The van der Waals surface area contributed by atoms with E-state index in [-0.39, 0.29) is 11.9 Å². The van der Waals surface area contributed by atoms with Crippen LogP contribution < -0.4 is 11.1 Å². The van der Waals surface area contributed by atoms with E-state index in [2.05, 4.69) is 27.3 Å². The molecular weight excluding hydrogens is 288 g/mol. The highest BCUT2D eigenvalue weighted by atomic mass is 16.2. The van der Waals surface area contributed by atoms with Gasteiger partial charge in [-0.2, -0.15) is 0 Å². The number of rotatable bonds is 4. The van der Waals surface area contributed by atoms with Crippen LogP contribution in [0.3, 0.4) is 0 Å². The monoisotopic (exact) mass is 310 g/mol. The van der Waals surface area contributed by atoms with Gasteiger partial charge in [-0.1, -0.05) is 36.8 Å². The predicted molar refractivity (Wildman–Crippen MR) is 91.8 cm³/mol. The van der Waals surface area contributed by atoms with Crippen molar-refractivity contribution in [2.45, 2.75) is 31.8 Å². The van der Waals surface area contributed by atoms with Crippen molar-refractivity contribution in [1.29, 1.82) is 0 Å². The maximum absolute atomic E-state index is 12.6. The third-order valence-corrected chi connectivity index (χ3v) is 4.20. The molecule has 5 heteroatoms. The molecule has 0 radical (unpaired) electrons. The van der Waals surface area contributed by atoms with Gasteiger partial charge in [-0.25, -0.2) is 4.98 Å². The normalized spacial score (nSPS) is 18.5. The number of nitrogens with one attached hydrogen (secondary N) is 1. The fraction of sp³-hybridized carbons (Fsp3) is 0.333. The zero-order valence-electron chi connectivity index (χ0n) is 13.1. The summed E-state index contributed by atoms with van der Waals surface area (Å²) in [6.07, 6.45) is 4.71. The maximum Gasteiger partial charge on any atom is 0.241 e. The number of piperidine rings is 1. The first-order valence-electron chi connectivity index (χ1n) is 8.03. The van der Waals surface area contributed by atoms with E-state index >= 15 is 0 Å². The van der Waals surface area contributed by atoms with Gasteiger partial charge in [0.15, 0.2) is 0 Å². The smallest absolute Gasteiger partial charge is 0.241 e. The van der Waals surface area contributed by atoms with Crippen LogP contribution in [-0.2, 0) is 11.3 Å². The van der Waals surface area contributed by atoms with Crippen molar-refractivity contribution in [2.24, 2.45) is 0 Å². The Kier molecular flexibility index (Phi) is 4.88. The lowest BCUT2D eigenvalue weighted by molar-refractivity contribution is -0.122. The molecule has 0 bridgehead atoms. The molecule has 1 atom stereocenters. The van der Waals surface area contributed by atoms with E-state index in [9.17, 15) is 4.79 Å². The summed E-state index contributed by atoms with van der Waals surface area (Å²) in [4.78, 5) is 18.9. The van der Waals surface area contributed by atoms with Crippen LogP contribution in [0.25, 0.3) is 0 Å². The molecule has 1 aromatic carbocycles. The van der Waals surface area contributed by atoms with Gasteiger partial charge in [0.2, 0.25) is 5.91 Å². The lowest BCUT2D eigenvalue weighted by Gasteiger charge is -2.34. The van der Waals surface area contributed by atoms with E-state index in [1.54, 1.807) is 18.3 Å². The van der Waals surface area contributed by atoms with Crippen LogP contribution in [0.1, 0.15) is 24.8 Å². The molecule has 0 aliphatic carbocycles. The van der Waals surface area contributed by atoms with E-state index in [0.717, 1.165) is 32.4 Å². The molecule has 0 saturated carbocycles. The lowest BCUT2D eigenvalue weighted by Crippen LogP contribution is -2.46. The van der Waals surface area contributed by atoms with Gasteiger partial charge in [0.05, 0.1) is 17.9 Å². The summed E-state index contributed by atoms with van der Waals surface area (Å²) >= 11 is 0. The molecule has 3 rings (SSSR count). The first-order chi connectivity index (χ1) is 11.2. The fourth-order valence-electron chi connectivity index (χ4n) is 3.00. The van der Waals surface area contributed by atoms with Crippen molar-refractivity contribution < 1.29 is 4.79 Å². The Balaban J connectivity index is 1.67. The van der Waals surface area contributed by atoms with Gasteiger partial charge in [-0.15, -0.1) is 0 Å². The Morgan fingerprint density at radius 3 is 2.78 bits per heavy atom. The molecule has 3 N–H and O–H groups in total. The minimum atomic E-state index is -0.0958. The van der Waals surface area contributed by atoms with Crippen LogP contribution in [0.15, 0.2) is 48.7 Å². The number of hydrogen-bond donors (Lipinski definition) is 2. The number of benzene rings is 1. The van der Waals surface area contributed by atoms with Crippen molar-refractivity contribution in [2.75, 3.05) is 17.6 Å². The van der Waals surface area contributed by atoms with Gasteiger partial charge in [-0.05, 0) is 37.1 Å². The van der Waals surface area contributed by atoms with Gasteiger partial charge in [0.25, 0.3) is 0 Å². The van der Waals surface area contributed by atoms with Crippen molar-refractivity contribution >= 4 is 17.4 Å². The number of likely N-dealkylation sites (tertiary alicyclic amines) is 1. The lowest BCUT2D eigenvalue weighted by atomic mass is 10.0. The van der Waals surface area contributed by atoms with Crippen LogP contribution >= 0.6 is 0 Å². The SMILES string of the molecule is Nc1ccc(NC(=O)C2CCCCN2Cc2ccccc2)cn1. The van der Waals surface area contributed by atoms with Crippen molar-refractivity contribution in [3.8, 4) is 0 Å². The number of amides is 1. The topological polar surface area (TPSA) is 71.2 Å². The van der Waals surface area contributed by atoms with Crippen LogP contribution in [0.2, 0.25) is 0 Å². The van der Waals surface area contributed by atoms with Crippen molar-refractivity contribution in [3.63, 3.8) is 0 Å². The Hall–Kier alpha value is -2.40. The summed E-state index contributed by atoms with van der Waals surface area (Å²) in [7, 11) is 0. The molecule has 2 heterocycles. The van der Waals surface area contributed by atoms with Gasteiger partial charge in [0, 0.05) is 6.54 Å². The van der Waals surface area contributed by atoms with Crippen LogP contribution in [0.4, 0.5) is 11.5 Å². The highest BCUT2D eigenvalue weighted by Gasteiger charge is 2.28. The molecule has 1 aliphatic rings. The number of carbonyl (C=O) groups excluding carboxylic acids is 1. The summed E-state index contributed by atoms with van der Waals surface area (Å²) in [5.74, 6) is 0.485. The number of carbonyl (C=O) groups is 1. The molecule has 1 aliphatic heterocycles. The minimum Gasteiger partial charge on any atom is -0.384 e. The maximum atomic E-state index is 12.6. The second kappa shape index (κ2) is 7.24. The Morgan fingerprint density at radius 2 is 2.04 bits per heavy atom. The number of nitrogens with two attached hydrogens (primary N) is 1. The average molecular weight is 310 g/mol. The highest BCUT2D eigenvalue weighted by molar-refractivity contribution is 5.94. The molecule has 1 fully saturated rings. The Labute approximate surface area is 136 Å². The Morgan fingerprint density at radius 1 is 1.22 bits per heavy atom. The third-order valence-electron chi connectivity index (χ3n) is 4.20. The molecule has 23 heavy (non-hydrogen) atoms. The summed E-state index contributed by atoms with van der Waals surface area (Å²) in [5.41, 5.74) is 7.50. The first-order valence-corrected chi connectivity index (χ1v) is 8.03. The van der Waals surface area contributed by atoms with E-state index in [1.807, 2.05) is 18.2 Å². The summed E-state index contributed by atoms with van der Waals surface area (Å²) < 4.78 is 0. The fourth-order valence-corrected chi connectivity index (χ4v) is 3.00. The first kappa shape index (κ1) is 15.5. The molecule has 0 spiro atoms. The quantitative estimate of drug-likeness (QED) is 0.911. The molecule has 5 nitrogen and oxygen atoms in total. The number of hydrogen-bond acceptors (Lipinski definition) is 4. The number of aromatic nitrogens is 1. The average Bonchev–Trinajstić information content (AvgIpc) is 2.58. The number of nitrogens with zero attached hydrogens (tertiary/aromatic N) is 2. The third kappa shape index (κ3) is 4.07. The zero-order valence-corrected chi connectivity index (χ0v) is 13.1. The summed E-state index contributed by atoms with van der Waals surface area (Å²) in [5, 5.41) is 2.96. The summed E-state index contributed by atoms with van der Waals surface area (Å²) in [6, 6.07) is 13.7.